The Morgan fingerprint density at radius 1 is 1.38 bits per heavy atom. The molecule has 0 aromatic carbocycles. The van der Waals surface area contributed by atoms with Crippen molar-refractivity contribution in [2.75, 3.05) is 13.1 Å². The Bertz CT molecular complexity index is 278. The van der Waals surface area contributed by atoms with Crippen molar-refractivity contribution in [3.8, 4) is 0 Å². The zero-order chi connectivity index (χ0) is 11.8. The van der Waals surface area contributed by atoms with Crippen LogP contribution in [0.1, 0.15) is 27.2 Å². The van der Waals surface area contributed by atoms with E-state index in [9.17, 15) is 4.79 Å². The minimum atomic E-state index is -0.449. The molecule has 2 aliphatic heterocycles. The normalized spacial score (nSPS) is 30.1. The van der Waals surface area contributed by atoms with E-state index in [2.05, 4.69) is 0 Å². The van der Waals surface area contributed by atoms with Gasteiger partial charge in [-0.15, -0.1) is 0 Å². The summed E-state index contributed by atoms with van der Waals surface area (Å²) in [5, 5.41) is 0. The number of carbonyl (C=O) groups is 1. The molecule has 0 aliphatic carbocycles. The number of hydrogen-bond donors (Lipinski definition) is 0. The van der Waals surface area contributed by atoms with Crippen LogP contribution in [-0.2, 0) is 13.1 Å². The average Bonchev–Trinajstić information content (AvgIpc) is 2.61. The topological polar surface area (TPSA) is 48.0 Å². The third-order valence-electron chi connectivity index (χ3n) is 2.48. The van der Waals surface area contributed by atoms with Gasteiger partial charge in [0.1, 0.15) is 17.8 Å². The molecule has 1 amide bonds. The number of rotatable bonds is 0. The van der Waals surface area contributed by atoms with Gasteiger partial charge >= 0.3 is 6.09 Å². The fraction of sp³-hybridized carbons (Fsp3) is 0.900. The first-order valence-electron chi connectivity index (χ1n) is 5.42. The lowest BCUT2D eigenvalue weighted by molar-refractivity contribution is -0.000719. The zero-order valence-electron chi connectivity index (χ0n) is 9.76. The summed E-state index contributed by atoms with van der Waals surface area (Å²) in [6.45, 7) is 6.81. The summed E-state index contributed by atoms with van der Waals surface area (Å²) in [6, 6.07) is 0. The smallest absolute Gasteiger partial charge is 0.410 e. The minimum Gasteiger partial charge on any atom is -0.444 e. The average molecular weight is 247 g/mol. The van der Waals surface area contributed by atoms with Gasteiger partial charge < -0.3 is 9.64 Å². The van der Waals surface area contributed by atoms with Crippen molar-refractivity contribution in [2.24, 2.45) is 0 Å². The largest absolute Gasteiger partial charge is 0.444 e. The van der Waals surface area contributed by atoms with E-state index in [1.807, 2.05) is 20.8 Å². The van der Waals surface area contributed by atoms with E-state index in [0.717, 1.165) is 18.7 Å². The second kappa shape index (κ2) is 4.43. The molecule has 0 saturated carbocycles. The van der Waals surface area contributed by atoms with Gasteiger partial charge in [-0.2, -0.15) is 0 Å². The second-order valence-electron chi connectivity index (χ2n) is 5.05. The molecule has 6 heteroatoms. The molecule has 2 saturated heterocycles. The van der Waals surface area contributed by atoms with E-state index in [-0.39, 0.29) is 18.3 Å². The maximum Gasteiger partial charge on any atom is 0.410 e. The van der Waals surface area contributed by atoms with Crippen molar-refractivity contribution >= 4 is 18.4 Å². The van der Waals surface area contributed by atoms with Crippen LogP contribution in [0.15, 0.2) is 0 Å². The molecule has 2 fully saturated rings. The first-order valence-corrected chi connectivity index (χ1v) is 6.09. The van der Waals surface area contributed by atoms with Gasteiger partial charge in [-0.05, 0) is 27.2 Å². The molecular formula is C10H17NO4S. The standard InChI is InChI=1S/C10H17NO4S/c1-10(2,3)13-9(12)11-5-4-7-8(6-11)15-16-14-7/h7-8H,4-6H2,1-3H3/t7-,8+/m0/s1. The summed E-state index contributed by atoms with van der Waals surface area (Å²) < 4.78 is 15.9. The fourth-order valence-corrected chi connectivity index (χ4v) is 2.37. The highest BCUT2D eigenvalue weighted by molar-refractivity contribution is 7.90. The van der Waals surface area contributed by atoms with Gasteiger partial charge in [0.25, 0.3) is 0 Å². The van der Waals surface area contributed by atoms with E-state index in [0.29, 0.717) is 13.1 Å². The molecule has 5 nitrogen and oxygen atoms in total. The Hall–Kier alpha value is -0.460. The molecule has 0 bridgehead atoms. The molecule has 0 aromatic rings. The number of piperidine rings is 1. The Morgan fingerprint density at radius 2 is 2.06 bits per heavy atom. The van der Waals surface area contributed by atoms with Crippen molar-refractivity contribution < 1.29 is 17.9 Å². The van der Waals surface area contributed by atoms with Crippen molar-refractivity contribution in [3.63, 3.8) is 0 Å². The number of fused-ring (bicyclic) bond motifs is 1. The fourth-order valence-electron chi connectivity index (χ4n) is 1.71. The van der Waals surface area contributed by atoms with Gasteiger partial charge in [-0.3, -0.25) is 8.37 Å². The third kappa shape index (κ3) is 2.81. The van der Waals surface area contributed by atoms with Crippen molar-refractivity contribution in [1.29, 1.82) is 0 Å². The predicted octanol–water partition coefficient (Wildman–Crippen LogP) is 1.97. The molecule has 2 atom stereocenters. The van der Waals surface area contributed by atoms with Crippen LogP contribution in [-0.4, -0.2) is 41.9 Å². The Labute approximate surface area is 99.8 Å². The molecule has 0 aromatic heterocycles. The van der Waals surface area contributed by atoms with Crippen LogP contribution in [0.25, 0.3) is 0 Å². The molecule has 0 radical (unpaired) electrons. The molecule has 2 aliphatic rings. The zero-order valence-corrected chi connectivity index (χ0v) is 10.6. The maximum atomic E-state index is 11.8. The summed E-state index contributed by atoms with van der Waals surface area (Å²) in [7, 11) is 0. The minimum absolute atomic E-state index is 0.0220. The number of ether oxygens (including phenoxy) is 1. The van der Waals surface area contributed by atoms with E-state index in [1.54, 1.807) is 4.90 Å². The van der Waals surface area contributed by atoms with Crippen molar-refractivity contribution in [3.05, 3.63) is 0 Å². The first kappa shape index (κ1) is 12.0. The van der Waals surface area contributed by atoms with Gasteiger partial charge in [-0.1, -0.05) is 0 Å². The molecule has 16 heavy (non-hydrogen) atoms. The van der Waals surface area contributed by atoms with Gasteiger partial charge in [0.2, 0.25) is 0 Å². The maximum absolute atomic E-state index is 11.8. The first-order chi connectivity index (χ1) is 7.46. The summed E-state index contributed by atoms with van der Waals surface area (Å²) in [6.07, 6.45) is 0.623. The Kier molecular flexibility index (Phi) is 3.32. The summed E-state index contributed by atoms with van der Waals surface area (Å²) in [5.74, 6) is 0. The SMILES string of the molecule is CC(C)(C)OC(=O)N1CC[C@@H]2OSO[C@@H]2C1. The van der Waals surface area contributed by atoms with Crippen LogP contribution >= 0.6 is 12.3 Å². The molecule has 0 unspecified atom stereocenters. The highest BCUT2D eigenvalue weighted by Gasteiger charge is 2.39. The number of nitrogens with zero attached hydrogens (tertiary/aromatic N) is 1. The summed E-state index contributed by atoms with van der Waals surface area (Å²) >= 11 is 1.03. The number of likely N-dealkylation sites (tertiary alicyclic amines) is 1. The molecule has 0 spiro atoms. The molecule has 92 valence electrons. The molecule has 2 rings (SSSR count). The van der Waals surface area contributed by atoms with E-state index in [1.165, 1.54) is 0 Å². The van der Waals surface area contributed by atoms with Crippen LogP contribution in [0.5, 0.6) is 0 Å². The quantitative estimate of drug-likeness (QED) is 0.612. The van der Waals surface area contributed by atoms with Gasteiger partial charge in [-0.25, -0.2) is 4.79 Å². The van der Waals surface area contributed by atoms with Gasteiger partial charge in [0.05, 0.1) is 6.54 Å². The lowest BCUT2D eigenvalue weighted by atomic mass is 10.1. The van der Waals surface area contributed by atoms with Gasteiger partial charge in [0.15, 0.2) is 12.3 Å². The highest BCUT2D eigenvalue weighted by atomic mass is 32.2. The Balaban J connectivity index is 1.89. The summed E-state index contributed by atoms with van der Waals surface area (Å²) in [5.41, 5.74) is -0.449. The van der Waals surface area contributed by atoms with E-state index < -0.39 is 5.60 Å². The number of hydrogen-bond acceptors (Lipinski definition) is 5. The molecular weight excluding hydrogens is 230 g/mol. The van der Waals surface area contributed by atoms with Crippen LogP contribution in [0.3, 0.4) is 0 Å². The lowest BCUT2D eigenvalue weighted by Gasteiger charge is -2.33. The van der Waals surface area contributed by atoms with Crippen LogP contribution in [0.2, 0.25) is 0 Å². The second-order valence-corrected chi connectivity index (χ2v) is 5.57. The van der Waals surface area contributed by atoms with Crippen LogP contribution < -0.4 is 0 Å². The molecule has 0 N–H and O–H groups in total. The molecule has 2 heterocycles. The number of amides is 1. The van der Waals surface area contributed by atoms with Gasteiger partial charge in [0, 0.05) is 6.54 Å². The number of carbonyl (C=O) groups excluding carboxylic acids is 1. The van der Waals surface area contributed by atoms with Crippen molar-refractivity contribution in [2.45, 2.75) is 45.0 Å². The van der Waals surface area contributed by atoms with Crippen LogP contribution in [0, 0.1) is 0 Å². The van der Waals surface area contributed by atoms with Crippen molar-refractivity contribution in [1.82, 2.24) is 4.90 Å². The highest BCUT2D eigenvalue weighted by Crippen LogP contribution is 2.31. The third-order valence-corrected chi connectivity index (χ3v) is 3.13. The summed E-state index contributed by atoms with van der Waals surface area (Å²) in [4.78, 5) is 13.5. The lowest BCUT2D eigenvalue weighted by Crippen LogP contribution is -2.49. The van der Waals surface area contributed by atoms with E-state index >= 15 is 0 Å². The van der Waals surface area contributed by atoms with E-state index in [4.69, 9.17) is 13.1 Å². The predicted molar refractivity (Wildman–Crippen MR) is 59.8 cm³/mol. The Morgan fingerprint density at radius 3 is 2.75 bits per heavy atom. The monoisotopic (exact) mass is 247 g/mol. The van der Waals surface area contributed by atoms with Crippen LogP contribution in [0.4, 0.5) is 4.79 Å².